The fourth-order valence-corrected chi connectivity index (χ4v) is 6.54. The maximum Gasteiger partial charge on any atom is 0.326 e. The van der Waals surface area contributed by atoms with E-state index in [0.29, 0.717) is 32.2 Å². The number of allylic oxidation sites excluding steroid dienone is 7. The third kappa shape index (κ3) is 37.6. The van der Waals surface area contributed by atoms with Crippen LogP contribution < -0.4 is 11.1 Å². The molecule has 2 unspecified atom stereocenters. The number of rotatable bonds is 40. The van der Waals surface area contributed by atoms with Gasteiger partial charge < -0.3 is 20.9 Å². The lowest BCUT2D eigenvalue weighted by Gasteiger charge is -2.15. The highest BCUT2D eigenvalue weighted by molar-refractivity contribution is 5.83. The Labute approximate surface area is 332 Å². The van der Waals surface area contributed by atoms with Crippen molar-refractivity contribution in [2.75, 3.05) is 6.54 Å². The number of carboxylic acids is 1. The van der Waals surface area contributed by atoms with Gasteiger partial charge in [0, 0.05) is 12.8 Å². The summed E-state index contributed by atoms with van der Waals surface area (Å²) in [5.74, 6) is -1.33. The van der Waals surface area contributed by atoms with Gasteiger partial charge in [0.15, 0.2) is 0 Å². The van der Waals surface area contributed by atoms with E-state index in [1.54, 1.807) is 0 Å². The summed E-state index contributed by atoms with van der Waals surface area (Å²) in [6.07, 6.45) is 50.4. The van der Waals surface area contributed by atoms with E-state index in [4.69, 9.17) is 10.5 Å². The summed E-state index contributed by atoms with van der Waals surface area (Å²) in [5.41, 5.74) is 5.48. The van der Waals surface area contributed by atoms with E-state index in [1.807, 2.05) is 0 Å². The van der Waals surface area contributed by atoms with E-state index < -0.39 is 12.0 Å². The fourth-order valence-electron chi connectivity index (χ4n) is 6.54. The second-order valence-electron chi connectivity index (χ2n) is 15.1. The zero-order chi connectivity index (χ0) is 39.6. The largest absolute Gasteiger partial charge is 0.480 e. The molecule has 0 heterocycles. The lowest BCUT2D eigenvalue weighted by molar-refractivity contribution is -0.147. The highest BCUT2D eigenvalue weighted by Gasteiger charge is 2.18. The number of nitrogens with two attached hydrogens (primary N) is 1. The Kier molecular flexibility index (Phi) is 39.4. The third-order valence-electron chi connectivity index (χ3n) is 9.89. The number of ether oxygens (including phenoxy) is 1. The number of hydrogen-bond acceptors (Lipinski definition) is 5. The Morgan fingerprint density at radius 2 is 1.00 bits per heavy atom. The highest BCUT2D eigenvalue weighted by Crippen LogP contribution is 2.16. The lowest BCUT2D eigenvalue weighted by Crippen LogP contribution is -2.40. The van der Waals surface area contributed by atoms with Crippen LogP contribution in [0.25, 0.3) is 0 Å². The maximum atomic E-state index is 12.8. The van der Waals surface area contributed by atoms with Gasteiger partial charge in [0.1, 0.15) is 12.1 Å². The molecule has 0 aromatic carbocycles. The van der Waals surface area contributed by atoms with Crippen LogP contribution in [0, 0.1) is 0 Å². The number of nitrogens with one attached hydrogen (secondary N) is 1. The first-order valence-electron chi connectivity index (χ1n) is 22.5. The fraction of sp³-hybridized carbons (Fsp3) is 0.766. The Hall–Kier alpha value is -2.67. The summed E-state index contributed by atoms with van der Waals surface area (Å²) in [6, 6.07) is -0.868. The second kappa shape index (κ2) is 41.5. The standard InChI is InChI=1S/C47H84N2O5/c1-3-5-7-9-11-13-15-16-17-18-19-20-22-24-26-31-35-41-46(51)54-43(37-32-28-25-23-21-14-12-10-8-6-4-2)38-33-29-27-30-34-40-45(50)49-44(47(52)53)39-36-42-48/h6,8,12,14,23,25,32,37,43-44H,3-5,7,9-11,13,15-22,24,26-31,33-36,38-42,48H2,1-2H3,(H,49,50)(H,52,53)/b8-6-,14-12-,25-23-,37-32-. The summed E-state index contributed by atoms with van der Waals surface area (Å²) in [6.45, 7) is 4.83. The minimum Gasteiger partial charge on any atom is -0.480 e. The molecule has 4 N–H and O–H groups in total. The molecule has 0 aromatic heterocycles. The van der Waals surface area contributed by atoms with Gasteiger partial charge in [0.25, 0.3) is 0 Å². The van der Waals surface area contributed by atoms with Crippen molar-refractivity contribution < 1.29 is 24.2 Å². The predicted octanol–water partition coefficient (Wildman–Crippen LogP) is 12.8. The van der Waals surface area contributed by atoms with Crippen molar-refractivity contribution in [2.45, 2.75) is 225 Å². The zero-order valence-corrected chi connectivity index (χ0v) is 35.1. The summed E-state index contributed by atoms with van der Waals surface area (Å²) in [4.78, 5) is 36.3. The maximum absolute atomic E-state index is 12.8. The average Bonchev–Trinajstić information content (AvgIpc) is 3.16. The van der Waals surface area contributed by atoms with Crippen molar-refractivity contribution in [3.63, 3.8) is 0 Å². The zero-order valence-electron chi connectivity index (χ0n) is 35.1. The van der Waals surface area contributed by atoms with E-state index in [9.17, 15) is 19.5 Å². The van der Waals surface area contributed by atoms with Crippen molar-refractivity contribution in [3.05, 3.63) is 48.6 Å². The molecular weight excluding hydrogens is 673 g/mol. The molecule has 312 valence electrons. The molecule has 7 nitrogen and oxygen atoms in total. The van der Waals surface area contributed by atoms with Gasteiger partial charge in [0.05, 0.1) is 0 Å². The van der Waals surface area contributed by atoms with Crippen molar-refractivity contribution in [2.24, 2.45) is 5.73 Å². The van der Waals surface area contributed by atoms with Gasteiger partial charge in [-0.25, -0.2) is 4.79 Å². The lowest BCUT2D eigenvalue weighted by atomic mass is 10.0. The number of carboxylic acid groups (broad SMARTS) is 1. The molecule has 7 heteroatoms. The van der Waals surface area contributed by atoms with Gasteiger partial charge >= 0.3 is 11.9 Å². The van der Waals surface area contributed by atoms with Gasteiger partial charge in [0.2, 0.25) is 5.91 Å². The van der Waals surface area contributed by atoms with Gasteiger partial charge in [-0.3, -0.25) is 9.59 Å². The molecule has 0 spiro atoms. The first-order chi connectivity index (χ1) is 26.4. The molecule has 0 aliphatic heterocycles. The molecule has 0 aromatic rings. The van der Waals surface area contributed by atoms with Gasteiger partial charge in [-0.05, 0) is 76.8 Å². The first-order valence-corrected chi connectivity index (χ1v) is 22.5. The number of carbonyl (C=O) groups excluding carboxylic acids is 2. The van der Waals surface area contributed by atoms with E-state index in [2.05, 4.69) is 67.8 Å². The molecule has 2 atom stereocenters. The molecule has 0 bridgehead atoms. The van der Waals surface area contributed by atoms with E-state index in [1.165, 1.54) is 96.3 Å². The molecule has 0 radical (unpaired) electrons. The number of amides is 1. The first kappa shape index (κ1) is 51.3. The van der Waals surface area contributed by atoms with Gasteiger partial charge in [-0.2, -0.15) is 0 Å². The van der Waals surface area contributed by atoms with Crippen molar-refractivity contribution in [1.29, 1.82) is 0 Å². The Balaban J connectivity index is 4.35. The van der Waals surface area contributed by atoms with Crippen LogP contribution in [0.4, 0.5) is 0 Å². The molecule has 0 fully saturated rings. The molecule has 0 rings (SSSR count). The van der Waals surface area contributed by atoms with Crippen molar-refractivity contribution >= 4 is 17.8 Å². The molecular formula is C47H84N2O5. The van der Waals surface area contributed by atoms with Crippen LogP contribution in [0.2, 0.25) is 0 Å². The van der Waals surface area contributed by atoms with E-state index in [0.717, 1.165) is 77.0 Å². The number of carbonyl (C=O) groups is 3. The topological polar surface area (TPSA) is 119 Å². The Morgan fingerprint density at radius 3 is 1.48 bits per heavy atom. The van der Waals surface area contributed by atoms with Gasteiger partial charge in [-0.15, -0.1) is 0 Å². The molecule has 0 saturated heterocycles. The predicted molar refractivity (Wildman–Crippen MR) is 230 cm³/mol. The number of hydrogen-bond donors (Lipinski definition) is 3. The smallest absolute Gasteiger partial charge is 0.326 e. The van der Waals surface area contributed by atoms with Crippen LogP contribution in [0.1, 0.15) is 213 Å². The molecule has 0 aliphatic rings. The average molecular weight is 757 g/mol. The van der Waals surface area contributed by atoms with Crippen LogP contribution in [0.15, 0.2) is 48.6 Å². The molecule has 1 amide bonds. The van der Waals surface area contributed by atoms with Crippen LogP contribution in [0.3, 0.4) is 0 Å². The monoisotopic (exact) mass is 757 g/mol. The highest BCUT2D eigenvalue weighted by atomic mass is 16.5. The quantitative estimate of drug-likeness (QED) is 0.0325. The van der Waals surface area contributed by atoms with E-state index >= 15 is 0 Å². The summed E-state index contributed by atoms with van der Waals surface area (Å²) in [7, 11) is 0. The summed E-state index contributed by atoms with van der Waals surface area (Å²) < 4.78 is 5.94. The number of aliphatic carboxylic acids is 1. The van der Waals surface area contributed by atoms with Gasteiger partial charge in [-0.1, -0.05) is 178 Å². The Bertz CT molecular complexity index is 989. The summed E-state index contributed by atoms with van der Waals surface area (Å²) in [5, 5.41) is 11.9. The number of unbranched alkanes of at least 4 members (excludes halogenated alkanes) is 20. The van der Waals surface area contributed by atoms with Crippen LogP contribution in [0.5, 0.6) is 0 Å². The van der Waals surface area contributed by atoms with Crippen molar-refractivity contribution in [1.82, 2.24) is 5.32 Å². The minimum absolute atomic E-state index is 0.0967. The van der Waals surface area contributed by atoms with Crippen LogP contribution >= 0.6 is 0 Å². The van der Waals surface area contributed by atoms with Crippen LogP contribution in [-0.4, -0.2) is 41.6 Å². The Morgan fingerprint density at radius 1 is 0.556 bits per heavy atom. The van der Waals surface area contributed by atoms with Crippen LogP contribution in [-0.2, 0) is 19.1 Å². The third-order valence-corrected chi connectivity index (χ3v) is 9.89. The van der Waals surface area contributed by atoms with Crippen molar-refractivity contribution in [3.8, 4) is 0 Å². The minimum atomic E-state index is -1.01. The normalized spacial score (nSPS) is 13.1. The second-order valence-corrected chi connectivity index (χ2v) is 15.1. The molecule has 54 heavy (non-hydrogen) atoms. The SMILES string of the molecule is CC/C=C\C/C=C\C/C=C\C/C=C\C(CCCCCCCC(=O)NC(CCCN)C(=O)O)OC(=O)CCCCCCCCCCCCCCCCCCC. The molecule has 0 saturated carbocycles. The molecule has 0 aliphatic carbocycles. The van der Waals surface area contributed by atoms with E-state index in [-0.39, 0.29) is 18.0 Å². The summed E-state index contributed by atoms with van der Waals surface area (Å²) >= 11 is 0. The number of esters is 1.